The van der Waals surface area contributed by atoms with Crippen LogP contribution in [-0.2, 0) is 11.2 Å². The zero-order chi connectivity index (χ0) is 11.3. The van der Waals surface area contributed by atoms with Gasteiger partial charge in [-0.15, -0.1) is 0 Å². The van der Waals surface area contributed by atoms with E-state index in [-0.39, 0.29) is 12.1 Å². The summed E-state index contributed by atoms with van der Waals surface area (Å²) in [6.07, 6.45) is 4.54. The highest BCUT2D eigenvalue weighted by Crippen LogP contribution is 2.12. The molecule has 0 fully saturated rings. The van der Waals surface area contributed by atoms with Crippen molar-refractivity contribution in [3.63, 3.8) is 0 Å². The Kier molecular flexibility index (Phi) is 4.72. The number of ether oxygens (including phenoxy) is 1. The molecule has 0 aliphatic heterocycles. The molecule has 3 nitrogen and oxygen atoms in total. The number of methoxy groups -OCH3 is 1. The molecule has 0 saturated heterocycles. The molecular formula is C12H20N2O. The molecule has 15 heavy (non-hydrogen) atoms. The number of pyridine rings is 1. The molecule has 0 amide bonds. The lowest BCUT2D eigenvalue weighted by molar-refractivity contribution is 0.0441. The highest BCUT2D eigenvalue weighted by Gasteiger charge is 2.20. The van der Waals surface area contributed by atoms with Gasteiger partial charge in [0.05, 0.1) is 6.10 Å². The van der Waals surface area contributed by atoms with Crippen molar-refractivity contribution in [2.45, 2.75) is 32.4 Å². The Labute approximate surface area is 91.7 Å². The number of nitrogens with two attached hydrogens (primary N) is 1. The van der Waals surface area contributed by atoms with E-state index in [9.17, 15) is 0 Å². The Morgan fingerprint density at radius 1 is 1.47 bits per heavy atom. The van der Waals surface area contributed by atoms with Crippen molar-refractivity contribution in [1.29, 1.82) is 0 Å². The van der Waals surface area contributed by atoms with Crippen molar-refractivity contribution in [3.05, 3.63) is 30.1 Å². The first-order valence-corrected chi connectivity index (χ1v) is 5.32. The fourth-order valence-electron chi connectivity index (χ4n) is 1.85. The van der Waals surface area contributed by atoms with Gasteiger partial charge < -0.3 is 10.5 Å². The van der Waals surface area contributed by atoms with Crippen LogP contribution in [0.2, 0.25) is 0 Å². The molecule has 0 aromatic carbocycles. The Morgan fingerprint density at radius 2 is 2.20 bits per heavy atom. The van der Waals surface area contributed by atoms with Crippen molar-refractivity contribution < 1.29 is 4.74 Å². The lowest BCUT2D eigenvalue weighted by atomic mass is 9.95. The van der Waals surface area contributed by atoms with Crippen molar-refractivity contribution >= 4 is 0 Å². The second-order valence-electron chi connectivity index (χ2n) is 4.17. The van der Waals surface area contributed by atoms with Crippen LogP contribution in [0.3, 0.4) is 0 Å². The van der Waals surface area contributed by atoms with E-state index in [4.69, 9.17) is 10.5 Å². The summed E-state index contributed by atoms with van der Waals surface area (Å²) >= 11 is 0. The minimum atomic E-state index is 0.0270. The van der Waals surface area contributed by atoms with Crippen LogP contribution in [0.25, 0.3) is 0 Å². The molecule has 0 saturated carbocycles. The molecule has 2 unspecified atom stereocenters. The Hall–Kier alpha value is -0.930. The van der Waals surface area contributed by atoms with E-state index in [2.05, 4.69) is 18.8 Å². The summed E-state index contributed by atoms with van der Waals surface area (Å²) < 4.78 is 5.40. The van der Waals surface area contributed by atoms with Gasteiger partial charge in [-0.2, -0.15) is 0 Å². The lowest BCUT2D eigenvalue weighted by Crippen LogP contribution is -2.41. The van der Waals surface area contributed by atoms with Crippen LogP contribution >= 0.6 is 0 Å². The average molecular weight is 208 g/mol. The van der Waals surface area contributed by atoms with Crippen LogP contribution in [0.1, 0.15) is 19.4 Å². The van der Waals surface area contributed by atoms with Crippen LogP contribution in [0.5, 0.6) is 0 Å². The number of hydrogen-bond donors (Lipinski definition) is 1. The molecule has 2 atom stereocenters. The summed E-state index contributed by atoms with van der Waals surface area (Å²) in [5, 5.41) is 0. The molecule has 1 aromatic heterocycles. The minimum absolute atomic E-state index is 0.0270. The van der Waals surface area contributed by atoms with Crippen molar-refractivity contribution in [2.75, 3.05) is 7.11 Å². The zero-order valence-electron chi connectivity index (χ0n) is 9.68. The maximum Gasteiger partial charge on any atom is 0.0748 e. The summed E-state index contributed by atoms with van der Waals surface area (Å²) in [5.41, 5.74) is 7.27. The second-order valence-corrected chi connectivity index (χ2v) is 4.17. The van der Waals surface area contributed by atoms with Crippen LogP contribution in [0.4, 0.5) is 0 Å². The molecule has 2 N–H and O–H groups in total. The van der Waals surface area contributed by atoms with Gasteiger partial charge >= 0.3 is 0 Å². The van der Waals surface area contributed by atoms with Gasteiger partial charge in [-0.05, 0) is 24.0 Å². The van der Waals surface area contributed by atoms with Gasteiger partial charge in [0.1, 0.15) is 0 Å². The Morgan fingerprint density at radius 3 is 2.67 bits per heavy atom. The van der Waals surface area contributed by atoms with Gasteiger partial charge in [-0.25, -0.2) is 0 Å². The monoisotopic (exact) mass is 208 g/mol. The van der Waals surface area contributed by atoms with E-state index in [0.29, 0.717) is 5.92 Å². The molecule has 0 spiro atoms. The average Bonchev–Trinajstić information content (AvgIpc) is 2.19. The van der Waals surface area contributed by atoms with E-state index >= 15 is 0 Å². The second kappa shape index (κ2) is 5.83. The normalized spacial score (nSPS) is 15.3. The van der Waals surface area contributed by atoms with Gasteiger partial charge in [0.15, 0.2) is 0 Å². The standard InChI is InChI=1S/C12H20N2O/c1-9(2)12(15-3)11(13)7-10-5-4-6-14-8-10/h4-6,8-9,11-12H,7,13H2,1-3H3. The van der Waals surface area contributed by atoms with E-state index in [1.165, 1.54) is 0 Å². The third kappa shape index (κ3) is 3.61. The van der Waals surface area contributed by atoms with Gasteiger partial charge in [0.25, 0.3) is 0 Å². The Bertz CT molecular complexity index is 274. The molecule has 0 radical (unpaired) electrons. The SMILES string of the molecule is COC(C(C)C)C(N)Cc1cccnc1. The zero-order valence-corrected chi connectivity index (χ0v) is 9.68. The van der Waals surface area contributed by atoms with Crippen LogP contribution in [0.15, 0.2) is 24.5 Å². The van der Waals surface area contributed by atoms with Crippen molar-refractivity contribution in [1.82, 2.24) is 4.98 Å². The van der Waals surface area contributed by atoms with E-state index in [1.54, 1.807) is 13.3 Å². The summed E-state index contributed by atoms with van der Waals surface area (Å²) in [5.74, 6) is 0.432. The van der Waals surface area contributed by atoms with Gasteiger partial charge in [-0.1, -0.05) is 19.9 Å². The molecule has 1 heterocycles. The van der Waals surface area contributed by atoms with E-state index < -0.39 is 0 Å². The number of rotatable bonds is 5. The first-order valence-electron chi connectivity index (χ1n) is 5.32. The first-order chi connectivity index (χ1) is 7.15. The summed E-state index contributed by atoms with van der Waals surface area (Å²) in [7, 11) is 1.72. The highest BCUT2D eigenvalue weighted by atomic mass is 16.5. The third-order valence-corrected chi connectivity index (χ3v) is 2.55. The number of hydrogen-bond acceptors (Lipinski definition) is 3. The summed E-state index contributed by atoms with van der Waals surface area (Å²) in [6.45, 7) is 4.24. The molecular weight excluding hydrogens is 188 g/mol. The molecule has 0 aliphatic rings. The Balaban J connectivity index is 2.58. The van der Waals surface area contributed by atoms with Gasteiger partial charge in [0.2, 0.25) is 0 Å². The maximum absolute atomic E-state index is 6.11. The predicted molar refractivity (Wildman–Crippen MR) is 61.6 cm³/mol. The maximum atomic E-state index is 6.11. The van der Waals surface area contributed by atoms with Gasteiger partial charge in [0, 0.05) is 25.5 Å². The summed E-state index contributed by atoms with van der Waals surface area (Å²) in [4.78, 5) is 4.07. The van der Waals surface area contributed by atoms with Crippen LogP contribution in [-0.4, -0.2) is 24.2 Å². The van der Waals surface area contributed by atoms with E-state index in [1.807, 2.05) is 18.3 Å². The molecule has 3 heteroatoms. The van der Waals surface area contributed by atoms with Crippen molar-refractivity contribution in [2.24, 2.45) is 11.7 Å². The quantitative estimate of drug-likeness (QED) is 0.800. The van der Waals surface area contributed by atoms with E-state index in [0.717, 1.165) is 12.0 Å². The molecule has 84 valence electrons. The van der Waals surface area contributed by atoms with Gasteiger partial charge in [-0.3, -0.25) is 4.98 Å². The van der Waals surface area contributed by atoms with Crippen LogP contribution < -0.4 is 5.73 Å². The largest absolute Gasteiger partial charge is 0.380 e. The predicted octanol–water partition coefficient (Wildman–Crippen LogP) is 1.62. The smallest absolute Gasteiger partial charge is 0.0748 e. The molecule has 0 aliphatic carbocycles. The minimum Gasteiger partial charge on any atom is -0.380 e. The summed E-state index contributed by atoms with van der Waals surface area (Å²) in [6, 6.07) is 4.00. The number of nitrogens with zero attached hydrogens (tertiary/aromatic N) is 1. The fraction of sp³-hybridized carbons (Fsp3) is 0.583. The lowest BCUT2D eigenvalue weighted by Gasteiger charge is -2.25. The first kappa shape index (κ1) is 12.1. The highest BCUT2D eigenvalue weighted by molar-refractivity contribution is 5.10. The number of aromatic nitrogens is 1. The van der Waals surface area contributed by atoms with Crippen LogP contribution in [0, 0.1) is 5.92 Å². The topological polar surface area (TPSA) is 48.1 Å². The molecule has 1 aromatic rings. The molecule has 0 bridgehead atoms. The molecule has 1 rings (SSSR count). The fourth-order valence-corrected chi connectivity index (χ4v) is 1.85. The third-order valence-electron chi connectivity index (χ3n) is 2.55. The van der Waals surface area contributed by atoms with Crippen molar-refractivity contribution in [3.8, 4) is 0 Å².